The van der Waals surface area contributed by atoms with Crippen molar-refractivity contribution in [3.8, 4) is 11.5 Å². The van der Waals surface area contributed by atoms with Crippen molar-refractivity contribution in [2.24, 2.45) is 0 Å². The van der Waals surface area contributed by atoms with Gasteiger partial charge in [0.15, 0.2) is 11.5 Å². The summed E-state index contributed by atoms with van der Waals surface area (Å²) in [4.78, 5) is 0. The SMILES string of the molecule is CCOc1cc(CNCCOCCO)c(Br)cc1OCc1cccc(Cl)c1. The Hall–Kier alpha value is -1.31. The third-order valence-electron chi connectivity index (χ3n) is 3.67. The van der Waals surface area contributed by atoms with E-state index in [4.69, 9.17) is 30.9 Å². The van der Waals surface area contributed by atoms with Crippen molar-refractivity contribution in [2.45, 2.75) is 20.1 Å². The van der Waals surface area contributed by atoms with Crippen LogP contribution in [0.2, 0.25) is 5.02 Å². The molecule has 0 amide bonds. The van der Waals surface area contributed by atoms with Crippen LogP contribution in [-0.2, 0) is 17.9 Å². The van der Waals surface area contributed by atoms with Crippen LogP contribution in [0.4, 0.5) is 0 Å². The number of aliphatic hydroxyl groups excluding tert-OH is 1. The second-order valence-corrected chi connectivity index (χ2v) is 7.05. The number of nitrogens with one attached hydrogen (secondary N) is 1. The molecule has 0 saturated carbocycles. The molecule has 0 fully saturated rings. The summed E-state index contributed by atoms with van der Waals surface area (Å²) in [7, 11) is 0. The van der Waals surface area contributed by atoms with E-state index in [1.54, 1.807) is 0 Å². The number of hydrogen-bond acceptors (Lipinski definition) is 5. The highest BCUT2D eigenvalue weighted by Gasteiger charge is 2.11. The van der Waals surface area contributed by atoms with Crippen LogP contribution in [0, 0.1) is 0 Å². The molecule has 27 heavy (non-hydrogen) atoms. The van der Waals surface area contributed by atoms with Crippen molar-refractivity contribution >= 4 is 27.5 Å². The second-order valence-electron chi connectivity index (χ2n) is 5.75. The normalized spacial score (nSPS) is 10.8. The van der Waals surface area contributed by atoms with E-state index in [9.17, 15) is 0 Å². The van der Waals surface area contributed by atoms with E-state index in [1.165, 1.54) is 0 Å². The Balaban J connectivity index is 1.99. The number of aliphatic hydroxyl groups is 1. The maximum atomic E-state index is 8.69. The summed E-state index contributed by atoms with van der Waals surface area (Å²) in [5, 5.41) is 12.7. The zero-order chi connectivity index (χ0) is 19.5. The Labute approximate surface area is 173 Å². The van der Waals surface area contributed by atoms with Gasteiger partial charge in [-0.15, -0.1) is 0 Å². The Bertz CT molecular complexity index is 714. The van der Waals surface area contributed by atoms with Gasteiger partial charge in [-0.3, -0.25) is 0 Å². The molecule has 2 aromatic rings. The number of hydrogen-bond donors (Lipinski definition) is 2. The molecule has 2 rings (SSSR count). The van der Waals surface area contributed by atoms with Crippen LogP contribution in [0.5, 0.6) is 11.5 Å². The Morgan fingerprint density at radius 3 is 2.67 bits per heavy atom. The van der Waals surface area contributed by atoms with E-state index in [1.807, 2.05) is 43.3 Å². The van der Waals surface area contributed by atoms with E-state index in [0.29, 0.717) is 56.0 Å². The highest BCUT2D eigenvalue weighted by molar-refractivity contribution is 9.10. The summed E-state index contributed by atoms with van der Waals surface area (Å²) in [6, 6.07) is 11.5. The van der Waals surface area contributed by atoms with E-state index >= 15 is 0 Å². The zero-order valence-electron chi connectivity index (χ0n) is 15.3. The van der Waals surface area contributed by atoms with Crippen LogP contribution in [-0.4, -0.2) is 38.1 Å². The molecule has 0 unspecified atom stereocenters. The fourth-order valence-electron chi connectivity index (χ4n) is 2.42. The minimum Gasteiger partial charge on any atom is -0.490 e. The van der Waals surface area contributed by atoms with Crippen molar-refractivity contribution < 1.29 is 19.3 Å². The lowest BCUT2D eigenvalue weighted by atomic mass is 10.2. The maximum Gasteiger partial charge on any atom is 0.162 e. The molecule has 0 aliphatic carbocycles. The number of benzene rings is 2. The molecule has 0 aliphatic heterocycles. The van der Waals surface area contributed by atoms with Crippen molar-refractivity contribution in [1.29, 1.82) is 0 Å². The minimum absolute atomic E-state index is 0.0416. The van der Waals surface area contributed by atoms with E-state index in [-0.39, 0.29) is 6.61 Å². The van der Waals surface area contributed by atoms with Gasteiger partial charge in [0.2, 0.25) is 0 Å². The van der Waals surface area contributed by atoms with Crippen LogP contribution in [0.3, 0.4) is 0 Å². The first kappa shape index (κ1) is 22.0. The summed E-state index contributed by atoms with van der Waals surface area (Å²) in [6.07, 6.45) is 0. The number of rotatable bonds is 12. The van der Waals surface area contributed by atoms with Gasteiger partial charge >= 0.3 is 0 Å². The molecular formula is C20H25BrClNO4. The summed E-state index contributed by atoms with van der Waals surface area (Å²) in [5.74, 6) is 1.38. The van der Waals surface area contributed by atoms with Gasteiger partial charge in [0.25, 0.3) is 0 Å². The van der Waals surface area contributed by atoms with Gasteiger partial charge < -0.3 is 24.6 Å². The molecule has 0 saturated heterocycles. The summed E-state index contributed by atoms with van der Waals surface area (Å²) >= 11 is 9.63. The number of halogens is 2. The molecule has 5 nitrogen and oxygen atoms in total. The molecule has 0 aliphatic rings. The van der Waals surface area contributed by atoms with E-state index in [2.05, 4.69) is 21.2 Å². The van der Waals surface area contributed by atoms with Crippen molar-refractivity contribution in [3.63, 3.8) is 0 Å². The molecule has 0 bridgehead atoms. The van der Waals surface area contributed by atoms with Crippen molar-refractivity contribution in [2.75, 3.05) is 33.0 Å². The monoisotopic (exact) mass is 457 g/mol. The molecule has 148 valence electrons. The van der Waals surface area contributed by atoms with Gasteiger partial charge in [-0.05, 0) is 42.3 Å². The van der Waals surface area contributed by atoms with Gasteiger partial charge in [-0.1, -0.05) is 39.7 Å². The van der Waals surface area contributed by atoms with Gasteiger partial charge in [-0.25, -0.2) is 0 Å². The standard InChI is InChI=1S/C20H25BrClNO4/c1-2-26-19-11-16(13-23-6-8-25-9-7-24)18(21)12-20(19)27-14-15-4-3-5-17(22)10-15/h3-5,10-12,23-24H,2,6-9,13-14H2,1H3. The third-order valence-corrected chi connectivity index (χ3v) is 4.64. The first-order valence-electron chi connectivity index (χ1n) is 8.85. The van der Waals surface area contributed by atoms with Crippen molar-refractivity contribution in [3.05, 3.63) is 57.0 Å². The lowest BCUT2D eigenvalue weighted by Gasteiger charge is -2.15. The molecule has 0 atom stereocenters. The fourth-order valence-corrected chi connectivity index (χ4v) is 3.09. The topological polar surface area (TPSA) is 60.0 Å². The minimum atomic E-state index is 0.0416. The Kier molecular flexibility index (Phi) is 9.94. The average Bonchev–Trinajstić information content (AvgIpc) is 2.65. The average molecular weight is 459 g/mol. The largest absolute Gasteiger partial charge is 0.490 e. The van der Waals surface area contributed by atoms with Gasteiger partial charge in [0.1, 0.15) is 6.61 Å². The van der Waals surface area contributed by atoms with Crippen molar-refractivity contribution in [1.82, 2.24) is 5.32 Å². The lowest BCUT2D eigenvalue weighted by Crippen LogP contribution is -2.20. The molecule has 0 radical (unpaired) electrons. The van der Waals surface area contributed by atoms with Gasteiger partial charge in [-0.2, -0.15) is 0 Å². The summed E-state index contributed by atoms with van der Waals surface area (Å²) < 4.78 is 17.9. The van der Waals surface area contributed by atoms with Crippen LogP contribution >= 0.6 is 27.5 Å². The molecule has 0 aromatic heterocycles. The number of ether oxygens (including phenoxy) is 3. The summed E-state index contributed by atoms with van der Waals surface area (Å²) in [5.41, 5.74) is 2.06. The lowest BCUT2D eigenvalue weighted by molar-refractivity contribution is 0.0938. The molecule has 2 N–H and O–H groups in total. The van der Waals surface area contributed by atoms with Crippen LogP contribution in [0.25, 0.3) is 0 Å². The Morgan fingerprint density at radius 2 is 1.93 bits per heavy atom. The highest BCUT2D eigenvalue weighted by atomic mass is 79.9. The first-order chi connectivity index (χ1) is 13.1. The van der Waals surface area contributed by atoms with Crippen LogP contribution in [0.15, 0.2) is 40.9 Å². The fraction of sp³-hybridized carbons (Fsp3) is 0.400. The molecule has 2 aromatic carbocycles. The molecule has 7 heteroatoms. The van der Waals surface area contributed by atoms with E-state index < -0.39 is 0 Å². The Morgan fingerprint density at radius 1 is 1.11 bits per heavy atom. The first-order valence-corrected chi connectivity index (χ1v) is 10.0. The van der Waals surface area contributed by atoms with E-state index in [0.717, 1.165) is 15.6 Å². The quantitative estimate of drug-likeness (QED) is 0.467. The van der Waals surface area contributed by atoms with Gasteiger partial charge in [0, 0.05) is 22.6 Å². The maximum absolute atomic E-state index is 8.69. The highest BCUT2D eigenvalue weighted by Crippen LogP contribution is 2.34. The molecular weight excluding hydrogens is 434 g/mol. The predicted molar refractivity (Wildman–Crippen MR) is 111 cm³/mol. The van der Waals surface area contributed by atoms with Crippen LogP contribution < -0.4 is 14.8 Å². The van der Waals surface area contributed by atoms with Gasteiger partial charge in [0.05, 0.1) is 26.4 Å². The summed E-state index contributed by atoms with van der Waals surface area (Å²) in [6.45, 7) is 5.22. The molecule has 0 spiro atoms. The zero-order valence-corrected chi connectivity index (χ0v) is 17.7. The molecule has 0 heterocycles. The third kappa shape index (κ3) is 7.68. The predicted octanol–water partition coefficient (Wildman–Crippen LogP) is 4.18. The smallest absolute Gasteiger partial charge is 0.162 e. The second kappa shape index (κ2) is 12.2. The van der Waals surface area contributed by atoms with Crippen LogP contribution in [0.1, 0.15) is 18.1 Å².